The van der Waals surface area contributed by atoms with Crippen molar-refractivity contribution in [2.45, 2.75) is 6.42 Å². The molecule has 3 aromatic rings. The van der Waals surface area contributed by atoms with Crippen molar-refractivity contribution in [2.75, 3.05) is 16.0 Å². The van der Waals surface area contributed by atoms with Gasteiger partial charge >= 0.3 is 6.03 Å². The molecule has 0 atom stereocenters. The summed E-state index contributed by atoms with van der Waals surface area (Å²) in [6.45, 7) is 0. The second-order valence-corrected chi connectivity index (χ2v) is 6.31. The Balaban J connectivity index is 1.57. The van der Waals surface area contributed by atoms with E-state index < -0.39 is 0 Å². The van der Waals surface area contributed by atoms with Crippen LogP contribution < -0.4 is 16.0 Å². The van der Waals surface area contributed by atoms with Crippen LogP contribution in [0.1, 0.15) is 5.56 Å². The molecular weight excluding hydrogens is 362 g/mol. The number of carbonyl (C=O) groups is 2. The van der Waals surface area contributed by atoms with E-state index in [1.165, 1.54) is 0 Å². The van der Waals surface area contributed by atoms with Gasteiger partial charge in [-0.05, 0) is 48.0 Å². The number of nitrogens with one attached hydrogen (secondary N) is 3. The number of hydrogen-bond donors (Lipinski definition) is 3. The van der Waals surface area contributed by atoms with Gasteiger partial charge in [0, 0.05) is 22.1 Å². The maximum Gasteiger partial charge on any atom is 0.323 e. The number of halogens is 1. The van der Waals surface area contributed by atoms with E-state index in [-0.39, 0.29) is 18.4 Å². The molecule has 6 heteroatoms. The summed E-state index contributed by atoms with van der Waals surface area (Å²) in [7, 11) is 0. The van der Waals surface area contributed by atoms with Crippen LogP contribution in [0.2, 0.25) is 5.02 Å². The molecule has 0 heterocycles. The normalized spacial score (nSPS) is 10.1. The second kappa shape index (κ2) is 8.87. The summed E-state index contributed by atoms with van der Waals surface area (Å²) in [6.07, 6.45) is 0.239. The summed E-state index contributed by atoms with van der Waals surface area (Å²) >= 11 is 5.85. The van der Waals surface area contributed by atoms with Crippen LogP contribution in [0.5, 0.6) is 0 Å². The molecule has 0 unspecified atom stereocenters. The molecule has 27 heavy (non-hydrogen) atoms. The Morgan fingerprint density at radius 2 is 1.30 bits per heavy atom. The molecule has 3 rings (SSSR count). The summed E-state index contributed by atoms with van der Waals surface area (Å²) < 4.78 is 0. The predicted octanol–water partition coefficient (Wildman–Crippen LogP) is 5.17. The highest BCUT2D eigenvalue weighted by Crippen LogP contribution is 2.17. The molecule has 0 aliphatic carbocycles. The molecule has 0 saturated carbocycles. The fraction of sp³-hybridized carbons (Fsp3) is 0.0476. The van der Waals surface area contributed by atoms with Crippen molar-refractivity contribution in [2.24, 2.45) is 0 Å². The molecular formula is C21H18ClN3O2. The quantitative estimate of drug-likeness (QED) is 0.572. The van der Waals surface area contributed by atoms with Crippen molar-refractivity contribution in [1.82, 2.24) is 0 Å². The minimum atomic E-state index is -0.356. The third kappa shape index (κ3) is 5.87. The molecule has 136 valence electrons. The van der Waals surface area contributed by atoms with Gasteiger partial charge in [-0.15, -0.1) is 0 Å². The van der Waals surface area contributed by atoms with E-state index in [1.54, 1.807) is 48.5 Å². The lowest BCUT2D eigenvalue weighted by Gasteiger charge is -2.10. The van der Waals surface area contributed by atoms with Crippen molar-refractivity contribution in [3.63, 3.8) is 0 Å². The Morgan fingerprint density at radius 1 is 0.704 bits per heavy atom. The smallest absolute Gasteiger partial charge is 0.323 e. The van der Waals surface area contributed by atoms with Gasteiger partial charge in [-0.3, -0.25) is 4.79 Å². The van der Waals surface area contributed by atoms with Gasteiger partial charge in [-0.2, -0.15) is 0 Å². The number of amides is 3. The van der Waals surface area contributed by atoms with Gasteiger partial charge in [0.15, 0.2) is 0 Å². The van der Waals surface area contributed by atoms with Gasteiger partial charge in [0.1, 0.15) is 0 Å². The van der Waals surface area contributed by atoms with E-state index in [4.69, 9.17) is 11.6 Å². The molecule has 0 saturated heterocycles. The Labute approximate surface area is 162 Å². The third-order valence-corrected chi connectivity index (χ3v) is 3.97. The highest BCUT2D eigenvalue weighted by Gasteiger charge is 2.07. The Morgan fingerprint density at radius 3 is 2.00 bits per heavy atom. The predicted molar refractivity (Wildman–Crippen MR) is 109 cm³/mol. The maximum absolute atomic E-state index is 12.2. The zero-order chi connectivity index (χ0) is 19.1. The first-order valence-corrected chi connectivity index (χ1v) is 8.74. The number of carbonyl (C=O) groups excluding carboxylic acids is 2. The molecule has 0 radical (unpaired) electrons. The van der Waals surface area contributed by atoms with E-state index in [0.29, 0.717) is 22.1 Å². The van der Waals surface area contributed by atoms with Gasteiger partial charge < -0.3 is 16.0 Å². The third-order valence-electron chi connectivity index (χ3n) is 3.71. The van der Waals surface area contributed by atoms with Gasteiger partial charge in [-0.1, -0.05) is 48.0 Å². The van der Waals surface area contributed by atoms with E-state index in [0.717, 1.165) is 5.56 Å². The zero-order valence-electron chi connectivity index (χ0n) is 14.4. The van der Waals surface area contributed by atoms with E-state index >= 15 is 0 Å². The molecule has 3 N–H and O–H groups in total. The average molecular weight is 380 g/mol. The number of para-hydroxylation sites is 1. The van der Waals surface area contributed by atoms with Crippen molar-refractivity contribution in [3.8, 4) is 0 Å². The minimum Gasteiger partial charge on any atom is -0.326 e. The highest BCUT2D eigenvalue weighted by atomic mass is 35.5. The second-order valence-electron chi connectivity index (χ2n) is 5.88. The van der Waals surface area contributed by atoms with Crippen LogP contribution in [0, 0.1) is 0 Å². The average Bonchev–Trinajstić information content (AvgIpc) is 2.64. The van der Waals surface area contributed by atoms with Crippen LogP contribution in [-0.2, 0) is 11.2 Å². The molecule has 0 aliphatic heterocycles. The van der Waals surface area contributed by atoms with Gasteiger partial charge in [0.25, 0.3) is 0 Å². The maximum atomic E-state index is 12.2. The van der Waals surface area contributed by atoms with Crippen molar-refractivity contribution in [3.05, 3.63) is 89.4 Å². The van der Waals surface area contributed by atoms with E-state index in [2.05, 4.69) is 16.0 Å². The SMILES string of the molecule is O=C(Cc1ccc(Cl)cc1)Nc1cccc(NC(=O)Nc2ccccc2)c1. The molecule has 0 aromatic heterocycles. The van der Waals surface area contributed by atoms with Crippen molar-refractivity contribution >= 4 is 40.6 Å². The fourth-order valence-electron chi connectivity index (χ4n) is 2.48. The van der Waals surface area contributed by atoms with Crippen molar-refractivity contribution in [1.29, 1.82) is 0 Å². The van der Waals surface area contributed by atoms with Crippen LogP contribution >= 0.6 is 11.6 Å². The first kappa shape index (κ1) is 18.5. The molecule has 0 aliphatic rings. The van der Waals surface area contributed by atoms with E-state index in [9.17, 15) is 9.59 Å². The Kier molecular flexibility index (Phi) is 6.07. The van der Waals surface area contributed by atoms with Gasteiger partial charge in [0.05, 0.1) is 6.42 Å². The molecule has 3 aromatic carbocycles. The lowest BCUT2D eigenvalue weighted by Crippen LogP contribution is -2.19. The first-order valence-electron chi connectivity index (χ1n) is 8.36. The summed E-state index contributed by atoms with van der Waals surface area (Å²) in [5, 5.41) is 8.94. The lowest BCUT2D eigenvalue weighted by atomic mass is 10.1. The molecule has 5 nitrogen and oxygen atoms in total. The molecule has 3 amide bonds. The zero-order valence-corrected chi connectivity index (χ0v) is 15.2. The summed E-state index contributed by atoms with van der Waals surface area (Å²) in [5.74, 6) is -0.150. The number of hydrogen-bond acceptors (Lipinski definition) is 2. The number of rotatable bonds is 5. The van der Waals surface area contributed by atoms with Crippen LogP contribution in [-0.4, -0.2) is 11.9 Å². The Bertz CT molecular complexity index is 928. The molecule has 0 fully saturated rings. The van der Waals surface area contributed by atoms with Crippen LogP contribution in [0.3, 0.4) is 0 Å². The fourth-order valence-corrected chi connectivity index (χ4v) is 2.61. The van der Waals surface area contributed by atoms with Crippen molar-refractivity contribution < 1.29 is 9.59 Å². The standard InChI is InChI=1S/C21H18ClN3O2/c22-16-11-9-15(10-12-16)13-20(26)23-18-7-4-8-19(14-18)25-21(27)24-17-5-2-1-3-6-17/h1-12,14H,13H2,(H,23,26)(H2,24,25,27). The Hall–Kier alpha value is -3.31. The first-order chi connectivity index (χ1) is 13.1. The van der Waals surface area contributed by atoms with E-state index in [1.807, 2.05) is 30.3 Å². The van der Waals surface area contributed by atoms with Crippen LogP contribution in [0.15, 0.2) is 78.9 Å². The summed E-state index contributed by atoms with van der Waals surface area (Å²) in [4.78, 5) is 24.3. The minimum absolute atomic E-state index is 0.150. The molecule has 0 bridgehead atoms. The summed E-state index contributed by atoms with van der Waals surface area (Å²) in [5.41, 5.74) is 2.75. The number of anilines is 3. The number of benzene rings is 3. The monoisotopic (exact) mass is 379 g/mol. The topological polar surface area (TPSA) is 70.2 Å². The lowest BCUT2D eigenvalue weighted by molar-refractivity contribution is -0.115. The van der Waals surface area contributed by atoms with Crippen LogP contribution in [0.4, 0.5) is 21.9 Å². The van der Waals surface area contributed by atoms with Gasteiger partial charge in [0.2, 0.25) is 5.91 Å². The van der Waals surface area contributed by atoms with Gasteiger partial charge in [-0.25, -0.2) is 4.79 Å². The molecule has 0 spiro atoms. The number of urea groups is 1. The largest absolute Gasteiger partial charge is 0.326 e. The highest BCUT2D eigenvalue weighted by molar-refractivity contribution is 6.30. The summed E-state index contributed by atoms with van der Waals surface area (Å²) in [6, 6.07) is 22.9. The van der Waals surface area contributed by atoms with Crippen LogP contribution in [0.25, 0.3) is 0 Å².